The summed E-state index contributed by atoms with van der Waals surface area (Å²) < 4.78 is 39.8. The zero-order valence-electron chi connectivity index (χ0n) is 10.4. The summed E-state index contributed by atoms with van der Waals surface area (Å²) >= 11 is 0. The van der Waals surface area contributed by atoms with Gasteiger partial charge in [0.25, 0.3) is 0 Å². The highest BCUT2D eigenvalue weighted by Gasteiger charge is 2.17. The van der Waals surface area contributed by atoms with Gasteiger partial charge in [-0.15, -0.1) is 0 Å². The van der Waals surface area contributed by atoms with Gasteiger partial charge < -0.3 is 0 Å². The Kier molecular flexibility index (Phi) is 3.97. The average Bonchev–Trinajstić information content (AvgIpc) is 2.40. The van der Waals surface area contributed by atoms with Crippen LogP contribution in [0.3, 0.4) is 0 Å². The monoisotopic (exact) mass is 279 g/mol. The molecule has 0 aliphatic carbocycles. The Morgan fingerprint density at radius 2 is 1.79 bits per heavy atom. The Morgan fingerprint density at radius 3 is 2.47 bits per heavy atom. The van der Waals surface area contributed by atoms with Crippen LogP contribution in [-0.2, 0) is 16.6 Å². The summed E-state index contributed by atoms with van der Waals surface area (Å²) in [5.74, 6) is -0.564. The third-order valence-corrected chi connectivity index (χ3v) is 4.29. The average molecular weight is 279 g/mol. The lowest BCUT2D eigenvalue weighted by Crippen LogP contribution is -2.24. The van der Waals surface area contributed by atoms with Crippen LogP contribution in [0.15, 0.2) is 53.4 Å². The largest absolute Gasteiger partial charge is 0.241 e. The van der Waals surface area contributed by atoms with Gasteiger partial charge in [0, 0.05) is 6.54 Å². The van der Waals surface area contributed by atoms with Crippen LogP contribution in [0.2, 0.25) is 0 Å². The standard InChI is InChI=1S/C14H14FNO2S/c1-11-7-8-13(15)9-14(11)19(17,18)16-10-12-5-3-2-4-6-12/h2-9,16H,10H2,1H3. The molecule has 0 fully saturated rings. The molecule has 5 heteroatoms. The first-order valence-corrected chi connectivity index (χ1v) is 7.27. The van der Waals surface area contributed by atoms with E-state index in [0.717, 1.165) is 11.6 Å². The number of benzene rings is 2. The summed E-state index contributed by atoms with van der Waals surface area (Å²) in [6.07, 6.45) is 0. The molecule has 2 aromatic carbocycles. The predicted molar refractivity (Wildman–Crippen MR) is 71.6 cm³/mol. The van der Waals surface area contributed by atoms with Crippen LogP contribution in [0.25, 0.3) is 0 Å². The second kappa shape index (κ2) is 5.50. The van der Waals surface area contributed by atoms with E-state index in [4.69, 9.17) is 0 Å². The van der Waals surface area contributed by atoms with Crippen molar-refractivity contribution in [3.05, 3.63) is 65.5 Å². The van der Waals surface area contributed by atoms with E-state index in [1.54, 1.807) is 6.92 Å². The summed E-state index contributed by atoms with van der Waals surface area (Å²) in [5, 5.41) is 0. The smallest absolute Gasteiger partial charge is 0.207 e. The third kappa shape index (κ3) is 3.39. The normalized spacial score (nSPS) is 11.5. The molecule has 1 N–H and O–H groups in total. The molecule has 0 radical (unpaired) electrons. The lowest BCUT2D eigenvalue weighted by atomic mass is 10.2. The topological polar surface area (TPSA) is 46.2 Å². The molecule has 0 aromatic heterocycles. The maximum Gasteiger partial charge on any atom is 0.241 e. The van der Waals surface area contributed by atoms with Gasteiger partial charge in [0.15, 0.2) is 0 Å². The first kappa shape index (κ1) is 13.7. The van der Waals surface area contributed by atoms with Crippen LogP contribution in [-0.4, -0.2) is 8.42 Å². The molecule has 0 aliphatic heterocycles. The van der Waals surface area contributed by atoms with E-state index in [1.807, 2.05) is 30.3 Å². The van der Waals surface area contributed by atoms with Gasteiger partial charge in [-0.25, -0.2) is 17.5 Å². The van der Waals surface area contributed by atoms with Crippen LogP contribution < -0.4 is 4.72 Å². The van der Waals surface area contributed by atoms with E-state index in [1.165, 1.54) is 12.1 Å². The third-order valence-electron chi connectivity index (χ3n) is 2.75. The van der Waals surface area contributed by atoms with Crippen LogP contribution in [0.4, 0.5) is 4.39 Å². The highest BCUT2D eigenvalue weighted by molar-refractivity contribution is 7.89. The minimum Gasteiger partial charge on any atom is -0.207 e. The van der Waals surface area contributed by atoms with Crippen LogP contribution in [0.5, 0.6) is 0 Å². The van der Waals surface area contributed by atoms with Gasteiger partial charge in [0.2, 0.25) is 10.0 Å². The molecule has 0 saturated carbocycles. The fourth-order valence-corrected chi connectivity index (χ4v) is 2.99. The molecule has 0 aliphatic rings. The Bertz CT molecular complexity index is 669. The molecule has 3 nitrogen and oxygen atoms in total. The Morgan fingerprint density at radius 1 is 1.11 bits per heavy atom. The summed E-state index contributed by atoms with van der Waals surface area (Å²) in [4.78, 5) is -0.0246. The molecular formula is C14H14FNO2S. The molecule has 0 atom stereocenters. The van der Waals surface area contributed by atoms with Crippen molar-refractivity contribution in [2.45, 2.75) is 18.4 Å². The van der Waals surface area contributed by atoms with Crippen LogP contribution in [0.1, 0.15) is 11.1 Å². The van der Waals surface area contributed by atoms with Gasteiger partial charge in [-0.1, -0.05) is 36.4 Å². The molecule has 19 heavy (non-hydrogen) atoms. The van der Waals surface area contributed by atoms with Crippen molar-refractivity contribution < 1.29 is 12.8 Å². The fraction of sp³-hybridized carbons (Fsp3) is 0.143. The summed E-state index contributed by atoms with van der Waals surface area (Å²) in [5.41, 5.74) is 1.36. The molecule has 0 heterocycles. The van der Waals surface area contributed by atoms with Crippen molar-refractivity contribution in [2.75, 3.05) is 0 Å². The summed E-state index contributed by atoms with van der Waals surface area (Å²) in [6, 6.07) is 12.9. The van der Waals surface area contributed by atoms with Gasteiger partial charge in [-0.3, -0.25) is 0 Å². The number of hydrogen-bond donors (Lipinski definition) is 1. The first-order chi connectivity index (χ1) is 8.99. The molecule has 0 unspecified atom stereocenters. The number of hydrogen-bond acceptors (Lipinski definition) is 2. The maximum atomic E-state index is 13.1. The molecular weight excluding hydrogens is 265 g/mol. The predicted octanol–water partition coefficient (Wildman–Crippen LogP) is 2.61. The van der Waals surface area contributed by atoms with Crippen molar-refractivity contribution in [3.8, 4) is 0 Å². The Labute approximate surface area is 112 Å². The van der Waals surface area contributed by atoms with Crippen molar-refractivity contribution in [3.63, 3.8) is 0 Å². The van der Waals surface area contributed by atoms with Gasteiger partial charge in [0.1, 0.15) is 5.82 Å². The minimum atomic E-state index is -3.70. The summed E-state index contributed by atoms with van der Waals surface area (Å²) in [6.45, 7) is 1.82. The molecule has 0 amide bonds. The van der Waals surface area contributed by atoms with Crippen molar-refractivity contribution in [1.29, 1.82) is 0 Å². The Hall–Kier alpha value is -1.72. The molecule has 2 aromatic rings. The van der Waals surface area contributed by atoms with E-state index >= 15 is 0 Å². The number of aryl methyl sites for hydroxylation is 1. The maximum absolute atomic E-state index is 13.1. The highest BCUT2D eigenvalue weighted by atomic mass is 32.2. The lowest BCUT2D eigenvalue weighted by molar-refractivity contribution is 0.576. The van der Waals surface area contributed by atoms with Gasteiger partial charge in [-0.05, 0) is 30.2 Å². The van der Waals surface area contributed by atoms with E-state index in [-0.39, 0.29) is 11.4 Å². The van der Waals surface area contributed by atoms with Gasteiger partial charge in [0.05, 0.1) is 4.90 Å². The molecule has 2 rings (SSSR count). The van der Waals surface area contributed by atoms with Crippen LogP contribution in [0, 0.1) is 12.7 Å². The number of sulfonamides is 1. The van der Waals surface area contributed by atoms with Gasteiger partial charge in [-0.2, -0.15) is 0 Å². The number of halogens is 1. The van der Waals surface area contributed by atoms with Crippen molar-refractivity contribution in [1.82, 2.24) is 4.72 Å². The fourth-order valence-electron chi connectivity index (χ4n) is 1.72. The number of nitrogens with one attached hydrogen (secondary N) is 1. The zero-order valence-corrected chi connectivity index (χ0v) is 11.2. The second-order valence-electron chi connectivity index (χ2n) is 4.22. The van der Waals surface area contributed by atoms with Crippen LogP contribution >= 0.6 is 0 Å². The zero-order chi connectivity index (χ0) is 13.9. The SMILES string of the molecule is Cc1ccc(F)cc1S(=O)(=O)NCc1ccccc1. The second-order valence-corrected chi connectivity index (χ2v) is 5.96. The number of rotatable bonds is 4. The van der Waals surface area contributed by atoms with E-state index in [0.29, 0.717) is 5.56 Å². The van der Waals surface area contributed by atoms with E-state index in [9.17, 15) is 12.8 Å². The highest BCUT2D eigenvalue weighted by Crippen LogP contribution is 2.16. The van der Waals surface area contributed by atoms with Crippen molar-refractivity contribution >= 4 is 10.0 Å². The Balaban J connectivity index is 2.21. The minimum absolute atomic E-state index is 0.0246. The molecule has 0 spiro atoms. The molecule has 0 saturated heterocycles. The quantitative estimate of drug-likeness (QED) is 0.935. The van der Waals surface area contributed by atoms with Crippen molar-refractivity contribution in [2.24, 2.45) is 0 Å². The summed E-state index contributed by atoms with van der Waals surface area (Å²) in [7, 11) is -3.70. The molecule has 0 bridgehead atoms. The van der Waals surface area contributed by atoms with E-state index < -0.39 is 15.8 Å². The molecule has 100 valence electrons. The lowest BCUT2D eigenvalue weighted by Gasteiger charge is -2.09. The first-order valence-electron chi connectivity index (χ1n) is 5.79. The van der Waals surface area contributed by atoms with E-state index in [2.05, 4.69) is 4.72 Å². The van der Waals surface area contributed by atoms with Gasteiger partial charge >= 0.3 is 0 Å².